The van der Waals surface area contributed by atoms with Crippen molar-refractivity contribution in [2.24, 2.45) is 0 Å². The predicted octanol–water partition coefficient (Wildman–Crippen LogP) is 4.12. The second-order valence-corrected chi connectivity index (χ2v) is 10.1. The Bertz CT molecular complexity index is 1140. The number of aliphatic carboxylic acids is 1. The summed E-state index contributed by atoms with van der Waals surface area (Å²) < 4.78 is 30.0. The van der Waals surface area contributed by atoms with Gasteiger partial charge >= 0.3 is 5.97 Å². The molecule has 2 heterocycles. The van der Waals surface area contributed by atoms with Gasteiger partial charge < -0.3 is 9.67 Å². The SMILES string of the molecule is Cc1cc(CC2=CCCC=C2S(=O)(=O)N2CCCC2)c(-c2ccccc2)n1CC(=O)O. The van der Waals surface area contributed by atoms with Gasteiger partial charge in [0, 0.05) is 25.2 Å². The van der Waals surface area contributed by atoms with E-state index in [0.717, 1.165) is 53.8 Å². The molecule has 164 valence electrons. The van der Waals surface area contributed by atoms with Crippen molar-refractivity contribution >= 4 is 16.0 Å². The zero-order valence-corrected chi connectivity index (χ0v) is 18.6. The highest BCUT2D eigenvalue weighted by molar-refractivity contribution is 7.93. The third-order valence-corrected chi connectivity index (χ3v) is 8.02. The Balaban J connectivity index is 1.74. The first-order valence-corrected chi connectivity index (χ1v) is 12.2. The third kappa shape index (κ3) is 4.38. The molecule has 0 radical (unpaired) electrons. The molecule has 1 fully saturated rings. The van der Waals surface area contributed by atoms with Gasteiger partial charge in [0.2, 0.25) is 10.0 Å². The van der Waals surface area contributed by atoms with Crippen LogP contribution in [0.4, 0.5) is 0 Å². The van der Waals surface area contributed by atoms with Crippen LogP contribution in [-0.2, 0) is 27.8 Å². The molecule has 2 aromatic rings. The molecule has 7 heteroatoms. The van der Waals surface area contributed by atoms with E-state index in [9.17, 15) is 18.3 Å². The van der Waals surface area contributed by atoms with Crippen molar-refractivity contribution < 1.29 is 18.3 Å². The van der Waals surface area contributed by atoms with Crippen LogP contribution in [0.3, 0.4) is 0 Å². The fourth-order valence-electron chi connectivity index (χ4n) is 4.57. The Hall–Kier alpha value is -2.64. The maximum absolute atomic E-state index is 13.3. The number of carboxylic acid groups (broad SMARTS) is 1. The van der Waals surface area contributed by atoms with E-state index in [2.05, 4.69) is 0 Å². The molecule has 1 saturated heterocycles. The average Bonchev–Trinajstić information content (AvgIpc) is 3.38. The normalized spacial score (nSPS) is 17.5. The highest BCUT2D eigenvalue weighted by atomic mass is 32.2. The monoisotopic (exact) mass is 440 g/mol. The van der Waals surface area contributed by atoms with Crippen LogP contribution < -0.4 is 0 Å². The molecule has 0 amide bonds. The van der Waals surface area contributed by atoms with Gasteiger partial charge in [0.25, 0.3) is 0 Å². The Morgan fingerprint density at radius 1 is 1.06 bits per heavy atom. The first kappa shape index (κ1) is 21.6. The zero-order valence-electron chi connectivity index (χ0n) is 17.8. The molecule has 1 aromatic carbocycles. The van der Waals surface area contributed by atoms with Gasteiger partial charge in [-0.25, -0.2) is 8.42 Å². The lowest BCUT2D eigenvalue weighted by atomic mass is 9.97. The second kappa shape index (κ2) is 8.85. The molecular weight excluding hydrogens is 412 g/mol. The fraction of sp³-hybridized carbons (Fsp3) is 0.375. The molecule has 0 bridgehead atoms. The van der Waals surface area contributed by atoms with Crippen LogP contribution >= 0.6 is 0 Å². The number of benzene rings is 1. The van der Waals surface area contributed by atoms with Crippen molar-refractivity contribution in [1.82, 2.24) is 8.87 Å². The minimum Gasteiger partial charge on any atom is -0.480 e. The van der Waals surface area contributed by atoms with E-state index in [1.54, 1.807) is 8.87 Å². The molecule has 6 nitrogen and oxygen atoms in total. The Labute approximate surface area is 183 Å². The lowest BCUT2D eigenvalue weighted by Gasteiger charge is -2.22. The van der Waals surface area contributed by atoms with Gasteiger partial charge in [-0.3, -0.25) is 4.79 Å². The van der Waals surface area contributed by atoms with Crippen molar-refractivity contribution in [3.05, 3.63) is 70.3 Å². The summed E-state index contributed by atoms with van der Waals surface area (Å²) in [4.78, 5) is 11.9. The van der Waals surface area contributed by atoms with E-state index in [-0.39, 0.29) is 6.54 Å². The Morgan fingerprint density at radius 2 is 1.74 bits per heavy atom. The number of hydrogen-bond acceptors (Lipinski definition) is 3. The number of carbonyl (C=O) groups is 1. The molecule has 1 N–H and O–H groups in total. The number of nitrogens with zero attached hydrogens (tertiary/aromatic N) is 2. The number of carboxylic acids is 1. The summed E-state index contributed by atoms with van der Waals surface area (Å²) in [7, 11) is -3.51. The van der Waals surface area contributed by atoms with Gasteiger partial charge in [-0.2, -0.15) is 4.31 Å². The van der Waals surface area contributed by atoms with Crippen LogP contribution in [0.15, 0.2) is 59.0 Å². The average molecular weight is 441 g/mol. The van der Waals surface area contributed by atoms with E-state index in [0.29, 0.717) is 24.4 Å². The molecular formula is C24H28N2O4S. The highest BCUT2D eigenvalue weighted by Crippen LogP contribution is 2.35. The number of allylic oxidation sites excluding steroid dienone is 3. The first-order valence-electron chi connectivity index (χ1n) is 10.7. The van der Waals surface area contributed by atoms with Crippen molar-refractivity contribution in [2.75, 3.05) is 13.1 Å². The Kier molecular flexibility index (Phi) is 6.16. The van der Waals surface area contributed by atoms with E-state index >= 15 is 0 Å². The molecule has 0 saturated carbocycles. The minimum atomic E-state index is -3.51. The van der Waals surface area contributed by atoms with Gasteiger partial charge in [0.05, 0.1) is 10.6 Å². The second-order valence-electron chi connectivity index (χ2n) is 8.17. The van der Waals surface area contributed by atoms with Crippen LogP contribution in [0.2, 0.25) is 0 Å². The maximum Gasteiger partial charge on any atom is 0.323 e. The lowest BCUT2D eigenvalue weighted by molar-refractivity contribution is -0.137. The van der Waals surface area contributed by atoms with Gasteiger partial charge in [-0.05, 0) is 55.4 Å². The zero-order chi connectivity index (χ0) is 22.0. The van der Waals surface area contributed by atoms with Gasteiger partial charge in [-0.1, -0.05) is 42.5 Å². The molecule has 0 spiro atoms. The predicted molar refractivity (Wildman–Crippen MR) is 121 cm³/mol. The number of aryl methyl sites for hydroxylation is 1. The summed E-state index contributed by atoms with van der Waals surface area (Å²) in [5.41, 5.74) is 4.37. The van der Waals surface area contributed by atoms with Gasteiger partial charge in [0.15, 0.2) is 0 Å². The quantitative estimate of drug-likeness (QED) is 0.702. The van der Waals surface area contributed by atoms with Gasteiger partial charge in [-0.15, -0.1) is 0 Å². The molecule has 31 heavy (non-hydrogen) atoms. The molecule has 1 aliphatic heterocycles. The molecule has 1 aliphatic carbocycles. The van der Waals surface area contributed by atoms with Crippen LogP contribution in [0, 0.1) is 6.92 Å². The van der Waals surface area contributed by atoms with E-state index < -0.39 is 16.0 Å². The summed E-state index contributed by atoms with van der Waals surface area (Å²) in [6, 6.07) is 11.7. The smallest absolute Gasteiger partial charge is 0.323 e. The van der Waals surface area contributed by atoms with Crippen molar-refractivity contribution in [2.45, 2.75) is 45.6 Å². The summed E-state index contributed by atoms with van der Waals surface area (Å²) >= 11 is 0. The molecule has 0 unspecified atom stereocenters. The summed E-state index contributed by atoms with van der Waals surface area (Å²) in [5.74, 6) is -0.906. The van der Waals surface area contributed by atoms with Crippen LogP contribution in [-0.4, -0.2) is 41.5 Å². The molecule has 2 aliphatic rings. The topological polar surface area (TPSA) is 79.6 Å². The van der Waals surface area contributed by atoms with Crippen LogP contribution in [0.1, 0.15) is 36.9 Å². The Morgan fingerprint density at radius 3 is 2.42 bits per heavy atom. The van der Waals surface area contributed by atoms with E-state index in [4.69, 9.17) is 0 Å². The van der Waals surface area contributed by atoms with Crippen molar-refractivity contribution in [3.8, 4) is 11.3 Å². The minimum absolute atomic E-state index is 0.135. The molecule has 0 atom stereocenters. The summed E-state index contributed by atoms with van der Waals surface area (Å²) in [6.45, 7) is 2.92. The van der Waals surface area contributed by atoms with E-state index in [1.165, 1.54) is 0 Å². The standard InChI is InChI=1S/C24H28N2O4S/c1-18-15-21(24(26(18)17-23(27)28)19-9-3-2-4-10-19)16-20-11-5-6-12-22(20)31(29,30)25-13-7-8-14-25/h2-4,9-12,15H,5-8,13-14,16-17H2,1H3,(H,27,28). The number of aromatic nitrogens is 1. The lowest BCUT2D eigenvalue weighted by Crippen LogP contribution is -2.30. The summed E-state index contributed by atoms with van der Waals surface area (Å²) in [5, 5.41) is 9.44. The maximum atomic E-state index is 13.3. The van der Waals surface area contributed by atoms with Crippen LogP contribution in [0.5, 0.6) is 0 Å². The van der Waals surface area contributed by atoms with Crippen molar-refractivity contribution in [3.63, 3.8) is 0 Å². The first-order chi connectivity index (χ1) is 14.9. The molecule has 1 aromatic heterocycles. The number of rotatable bonds is 7. The third-order valence-electron chi connectivity index (χ3n) is 5.99. The molecule has 4 rings (SSSR count). The highest BCUT2D eigenvalue weighted by Gasteiger charge is 2.32. The van der Waals surface area contributed by atoms with Gasteiger partial charge in [0.1, 0.15) is 6.54 Å². The fourth-order valence-corrected chi connectivity index (χ4v) is 6.40. The largest absolute Gasteiger partial charge is 0.480 e. The number of hydrogen-bond donors (Lipinski definition) is 1. The number of sulfonamides is 1. The van der Waals surface area contributed by atoms with Crippen LogP contribution in [0.25, 0.3) is 11.3 Å². The van der Waals surface area contributed by atoms with E-state index in [1.807, 2.05) is 55.5 Å². The van der Waals surface area contributed by atoms with Crippen molar-refractivity contribution in [1.29, 1.82) is 0 Å². The summed E-state index contributed by atoms with van der Waals surface area (Å²) in [6.07, 6.45) is 7.67.